The molecule has 3 rings (SSSR count). The third-order valence-electron chi connectivity index (χ3n) is 4.47. The molecule has 28 heavy (non-hydrogen) atoms. The topological polar surface area (TPSA) is 68.5 Å². The van der Waals surface area contributed by atoms with Crippen molar-refractivity contribution in [3.05, 3.63) is 58.4 Å². The number of carbonyl (C=O) groups excluding carboxylic acids is 1. The quantitative estimate of drug-likeness (QED) is 0.609. The van der Waals surface area contributed by atoms with E-state index in [2.05, 4.69) is 42.5 Å². The van der Waals surface area contributed by atoms with Crippen molar-refractivity contribution in [2.75, 3.05) is 5.75 Å². The van der Waals surface area contributed by atoms with Gasteiger partial charge in [0.05, 0.1) is 20.9 Å². The molecule has 1 amide bonds. The monoisotopic (exact) mass is 416 g/mol. The molecule has 148 valence electrons. The number of hydrogen-bond donors (Lipinski definition) is 0. The Morgan fingerprint density at radius 3 is 2.54 bits per heavy atom. The van der Waals surface area contributed by atoms with Crippen LogP contribution in [-0.4, -0.2) is 24.6 Å². The summed E-state index contributed by atoms with van der Waals surface area (Å²) in [6, 6.07) is 12.4. The highest BCUT2D eigenvalue weighted by Gasteiger charge is 2.16. The number of aryl methyl sites for hydroxylation is 3. The number of sulfone groups is 1. The molecule has 0 saturated heterocycles. The minimum Gasteiger partial charge on any atom is -0.316 e. The molecule has 0 fully saturated rings. The van der Waals surface area contributed by atoms with Gasteiger partial charge in [-0.3, -0.25) is 4.79 Å². The van der Waals surface area contributed by atoms with Crippen LogP contribution in [0.25, 0.3) is 10.2 Å². The smallest absolute Gasteiger partial charge is 0.249 e. The lowest BCUT2D eigenvalue weighted by Gasteiger charge is -2.05. The molecule has 3 aromatic rings. The van der Waals surface area contributed by atoms with Gasteiger partial charge in [0, 0.05) is 13.0 Å². The zero-order valence-electron chi connectivity index (χ0n) is 16.3. The van der Waals surface area contributed by atoms with Crippen LogP contribution >= 0.6 is 11.3 Å². The van der Waals surface area contributed by atoms with Gasteiger partial charge in [-0.2, -0.15) is 4.99 Å². The van der Waals surface area contributed by atoms with Crippen LogP contribution in [0.5, 0.6) is 0 Å². The van der Waals surface area contributed by atoms with Crippen LogP contribution < -0.4 is 4.80 Å². The molecule has 0 bridgehead atoms. The fourth-order valence-electron chi connectivity index (χ4n) is 3.17. The van der Waals surface area contributed by atoms with Crippen molar-refractivity contribution in [1.29, 1.82) is 0 Å². The van der Waals surface area contributed by atoms with E-state index in [-0.39, 0.29) is 17.1 Å². The minimum absolute atomic E-state index is 0.129. The van der Waals surface area contributed by atoms with E-state index in [0.29, 0.717) is 4.80 Å². The van der Waals surface area contributed by atoms with Crippen molar-refractivity contribution in [2.24, 2.45) is 4.99 Å². The summed E-state index contributed by atoms with van der Waals surface area (Å²) < 4.78 is 27.9. The Morgan fingerprint density at radius 1 is 1.14 bits per heavy atom. The Labute approximate surface area is 169 Å². The zero-order valence-corrected chi connectivity index (χ0v) is 17.9. The van der Waals surface area contributed by atoms with Gasteiger partial charge in [-0.1, -0.05) is 42.5 Å². The molecule has 2 aromatic carbocycles. The predicted molar refractivity (Wildman–Crippen MR) is 113 cm³/mol. The average Bonchev–Trinajstić information content (AvgIpc) is 2.99. The number of aromatic nitrogens is 1. The Kier molecular flexibility index (Phi) is 6.15. The molecule has 0 aliphatic rings. The van der Waals surface area contributed by atoms with E-state index >= 15 is 0 Å². The predicted octanol–water partition coefficient (Wildman–Crippen LogP) is 4.02. The van der Waals surface area contributed by atoms with Gasteiger partial charge < -0.3 is 4.57 Å². The molecular weight excluding hydrogens is 392 g/mol. The SMILES string of the molecule is CCCn1c(=NC(=O)CCS(=O)(=O)c2ccccc2)sc2c(C)cc(C)cc21. The van der Waals surface area contributed by atoms with E-state index in [0.717, 1.165) is 28.7 Å². The number of rotatable bonds is 6. The molecule has 7 heteroatoms. The van der Waals surface area contributed by atoms with Gasteiger partial charge in [-0.25, -0.2) is 8.42 Å². The highest BCUT2D eigenvalue weighted by Crippen LogP contribution is 2.23. The number of thiazole rings is 1. The number of amides is 1. The summed E-state index contributed by atoms with van der Waals surface area (Å²) >= 11 is 1.48. The van der Waals surface area contributed by atoms with Gasteiger partial charge in [0.15, 0.2) is 14.6 Å². The summed E-state index contributed by atoms with van der Waals surface area (Å²) in [7, 11) is -3.49. The molecule has 0 atom stereocenters. The lowest BCUT2D eigenvalue weighted by atomic mass is 10.1. The van der Waals surface area contributed by atoms with E-state index in [1.165, 1.54) is 16.9 Å². The van der Waals surface area contributed by atoms with Crippen LogP contribution in [-0.2, 0) is 21.2 Å². The molecule has 0 aliphatic heterocycles. The summed E-state index contributed by atoms with van der Waals surface area (Å²) in [6.45, 7) is 6.95. The first-order valence-electron chi connectivity index (χ1n) is 9.28. The first-order valence-corrected chi connectivity index (χ1v) is 11.7. The maximum absolute atomic E-state index is 12.4. The van der Waals surface area contributed by atoms with E-state index in [1.807, 2.05) is 0 Å². The Bertz CT molecular complexity index is 1170. The van der Waals surface area contributed by atoms with E-state index in [1.54, 1.807) is 30.3 Å². The van der Waals surface area contributed by atoms with Crippen LogP contribution in [0.4, 0.5) is 0 Å². The molecule has 0 unspecified atom stereocenters. The molecule has 0 saturated carbocycles. The summed E-state index contributed by atoms with van der Waals surface area (Å²) in [5.74, 6) is -0.652. The third kappa shape index (κ3) is 4.42. The first-order chi connectivity index (χ1) is 13.3. The van der Waals surface area contributed by atoms with Crippen LogP contribution in [0.2, 0.25) is 0 Å². The summed E-state index contributed by atoms with van der Waals surface area (Å²) in [6.07, 6.45) is 0.790. The van der Waals surface area contributed by atoms with Gasteiger partial charge in [0.2, 0.25) is 5.91 Å². The van der Waals surface area contributed by atoms with Crippen molar-refractivity contribution >= 4 is 37.3 Å². The average molecular weight is 417 g/mol. The van der Waals surface area contributed by atoms with E-state index in [4.69, 9.17) is 0 Å². The molecule has 1 aromatic heterocycles. The van der Waals surface area contributed by atoms with E-state index in [9.17, 15) is 13.2 Å². The van der Waals surface area contributed by atoms with Gasteiger partial charge >= 0.3 is 0 Å². The van der Waals surface area contributed by atoms with Gasteiger partial charge in [-0.15, -0.1) is 0 Å². The number of nitrogens with zero attached hydrogens (tertiary/aromatic N) is 2. The Hall–Kier alpha value is -2.25. The number of carbonyl (C=O) groups is 1. The van der Waals surface area contributed by atoms with Gasteiger partial charge in [0.25, 0.3) is 0 Å². The second kappa shape index (κ2) is 8.41. The molecular formula is C21H24N2O3S2. The highest BCUT2D eigenvalue weighted by atomic mass is 32.2. The van der Waals surface area contributed by atoms with Gasteiger partial charge in [0.1, 0.15) is 0 Å². The molecule has 0 radical (unpaired) electrons. The number of benzene rings is 2. The first kappa shape index (κ1) is 20.5. The number of fused-ring (bicyclic) bond motifs is 1. The van der Waals surface area contributed by atoms with Crippen LogP contribution in [0.1, 0.15) is 30.9 Å². The van der Waals surface area contributed by atoms with Crippen molar-refractivity contribution in [3.63, 3.8) is 0 Å². The lowest BCUT2D eigenvalue weighted by Crippen LogP contribution is -2.18. The van der Waals surface area contributed by atoms with Gasteiger partial charge in [-0.05, 0) is 49.6 Å². The van der Waals surface area contributed by atoms with E-state index < -0.39 is 15.7 Å². The normalized spacial score (nSPS) is 12.6. The lowest BCUT2D eigenvalue weighted by molar-refractivity contribution is -0.117. The molecule has 1 heterocycles. The van der Waals surface area contributed by atoms with Crippen molar-refractivity contribution in [3.8, 4) is 0 Å². The Morgan fingerprint density at radius 2 is 1.86 bits per heavy atom. The summed E-state index contributed by atoms with van der Waals surface area (Å²) in [4.78, 5) is 17.6. The largest absolute Gasteiger partial charge is 0.316 e. The summed E-state index contributed by atoms with van der Waals surface area (Å²) in [5, 5.41) is 0. The molecule has 0 aliphatic carbocycles. The summed E-state index contributed by atoms with van der Waals surface area (Å²) in [5.41, 5.74) is 3.40. The van der Waals surface area contributed by atoms with Crippen LogP contribution in [0, 0.1) is 13.8 Å². The van der Waals surface area contributed by atoms with Crippen LogP contribution in [0.15, 0.2) is 52.4 Å². The Balaban J connectivity index is 1.90. The van der Waals surface area contributed by atoms with Crippen LogP contribution in [0.3, 0.4) is 0 Å². The molecule has 0 N–H and O–H groups in total. The third-order valence-corrected chi connectivity index (χ3v) is 7.43. The molecule has 5 nitrogen and oxygen atoms in total. The molecule has 0 spiro atoms. The fraction of sp³-hybridized carbons (Fsp3) is 0.333. The highest BCUT2D eigenvalue weighted by molar-refractivity contribution is 7.91. The minimum atomic E-state index is -3.49. The van der Waals surface area contributed by atoms with Crippen molar-refractivity contribution in [2.45, 2.75) is 45.1 Å². The zero-order chi connectivity index (χ0) is 20.3. The fourth-order valence-corrected chi connectivity index (χ4v) is 5.54. The standard InChI is InChI=1S/C21H24N2O3S2/c1-4-11-23-18-14-15(2)13-16(3)20(18)27-21(23)22-19(24)10-12-28(25,26)17-8-6-5-7-9-17/h5-9,13-14H,4,10-12H2,1-3H3. The maximum atomic E-state index is 12.4. The second-order valence-corrected chi connectivity index (χ2v) is 9.94. The number of hydrogen-bond acceptors (Lipinski definition) is 4. The van der Waals surface area contributed by atoms with Crippen molar-refractivity contribution < 1.29 is 13.2 Å². The maximum Gasteiger partial charge on any atom is 0.249 e. The van der Waals surface area contributed by atoms with Crippen molar-refractivity contribution in [1.82, 2.24) is 4.57 Å². The second-order valence-electron chi connectivity index (χ2n) is 6.85.